The molecule has 2 heterocycles. The molecule has 0 radical (unpaired) electrons. The highest BCUT2D eigenvalue weighted by Gasteiger charge is 2.13. The standard InChI is InChI=1S/C17H16N4O2/c1-2-3-8-23-14-6-4-12(5-7-14)15-11-19-16-13(9-18)10-20-21(16)17(15)22/h4-7,10-11,22H,2-3,8H2,1H3. The van der Waals surface area contributed by atoms with Gasteiger partial charge in [0.05, 0.1) is 18.4 Å². The highest BCUT2D eigenvalue weighted by molar-refractivity contribution is 5.70. The van der Waals surface area contributed by atoms with Crippen LogP contribution in [0.2, 0.25) is 0 Å². The van der Waals surface area contributed by atoms with Crippen LogP contribution in [0.4, 0.5) is 0 Å². The largest absolute Gasteiger partial charge is 0.494 e. The Hall–Kier alpha value is -3.07. The van der Waals surface area contributed by atoms with Gasteiger partial charge in [-0.2, -0.15) is 14.9 Å². The van der Waals surface area contributed by atoms with Crippen LogP contribution < -0.4 is 4.74 Å². The van der Waals surface area contributed by atoms with Crippen molar-refractivity contribution in [3.05, 3.63) is 42.2 Å². The SMILES string of the molecule is CCCCOc1ccc(-c2cnc3c(C#N)cnn3c2O)cc1. The van der Waals surface area contributed by atoms with Gasteiger partial charge < -0.3 is 9.84 Å². The molecule has 3 aromatic rings. The Morgan fingerprint density at radius 1 is 1.26 bits per heavy atom. The van der Waals surface area contributed by atoms with Crippen LogP contribution in [0.25, 0.3) is 16.8 Å². The van der Waals surface area contributed by atoms with E-state index < -0.39 is 0 Å². The normalized spacial score (nSPS) is 10.6. The molecule has 0 fully saturated rings. The molecule has 0 atom stereocenters. The molecule has 0 saturated carbocycles. The summed E-state index contributed by atoms with van der Waals surface area (Å²) in [4.78, 5) is 4.22. The summed E-state index contributed by atoms with van der Waals surface area (Å²) >= 11 is 0. The highest BCUT2D eigenvalue weighted by atomic mass is 16.5. The molecule has 2 aromatic heterocycles. The smallest absolute Gasteiger partial charge is 0.223 e. The van der Waals surface area contributed by atoms with Gasteiger partial charge >= 0.3 is 0 Å². The van der Waals surface area contributed by atoms with Crippen molar-refractivity contribution in [3.63, 3.8) is 0 Å². The van der Waals surface area contributed by atoms with Crippen LogP contribution in [0.1, 0.15) is 25.3 Å². The number of aromatic nitrogens is 3. The van der Waals surface area contributed by atoms with Crippen LogP contribution in [0.5, 0.6) is 11.6 Å². The number of aromatic hydroxyl groups is 1. The number of nitriles is 1. The highest BCUT2D eigenvalue weighted by Crippen LogP contribution is 2.30. The number of rotatable bonds is 5. The van der Waals surface area contributed by atoms with Gasteiger partial charge in [0.1, 0.15) is 17.4 Å². The van der Waals surface area contributed by atoms with E-state index in [1.54, 1.807) is 6.20 Å². The number of ether oxygens (including phenoxy) is 1. The molecule has 0 aliphatic heterocycles. The zero-order valence-corrected chi connectivity index (χ0v) is 12.7. The lowest BCUT2D eigenvalue weighted by Crippen LogP contribution is -1.97. The van der Waals surface area contributed by atoms with Gasteiger partial charge in [0, 0.05) is 6.20 Å². The summed E-state index contributed by atoms with van der Waals surface area (Å²) in [5.41, 5.74) is 2.01. The van der Waals surface area contributed by atoms with Crippen molar-refractivity contribution < 1.29 is 9.84 Å². The number of nitrogens with zero attached hydrogens (tertiary/aromatic N) is 4. The van der Waals surface area contributed by atoms with Gasteiger partial charge in [-0.05, 0) is 24.1 Å². The van der Waals surface area contributed by atoms with Crippen LogP contribution in [0.15, 0.2) is 36.7 Å². The van der Waals surface area contributed by atoms with E-state index in [0.717, 1.165) is 24.2 Å². The van der Waals surface area contributed by atoms with E-state index in [1.807, 2.05) is 30.3 Å². The topological polar surface area (TPSA) is 83.4 Å². The maximum Gasteiger partial charge on any atom is 0.223 e. The number of fused-ring (bicyclic) bond motifs is 1. The van der Waals surface area contributed by atoms with Gasteiger partial charge in [-0.25, -0.2) is 4.98 Å². The Bertz CT molecular complexity index is 863. The van der Waals surface area contributed by atoms with Crippen LogP contribution in [-0.2, 0) is 0 Å². The van der Waals surface area contributed by atoms with Crippen molar-refractivity contribution >= 4 is 5.65 Å². The summed E-state index contributed by atoms with van der Waals surface area (Å²) < 4.78 is 6.89. The predicted octanol–water partition coefficient (Wildman–Crippen LogP) is 3.15. The average molecular weight is 308 g/mol. The lowest BCUT2D eigenvalue weighted by Gasteiger charge is -2.08. The summed E-state index contributed by atoms with van der Waals surface area (Å²) in [6.45, 7) is 2.81. The van der Waals surface area contributed by atoms with Gasteiger partial charge in [-0.1, -0.05) is 25.5 Å². The molecule has 0 aliphatic rings. The molecule has 1 N–H and O–H groups in total. The number of hydrogen-bond donors (Lipinski definition) is 1. The van der Waals surface area contributed by atoms with Crippen LogP contribution in [-0.4, -0.2) is 26.3 Å². The summed E-state index contributed by atoms with van der Waals surface area (Å²) in [7, 11) is 0. The molecule has 6 nitrogen and oxygen atoms in total. The summed E-state index contributed by atoms with van der Waals surface area (Å²) in [6.07, 6.45) is 5.03. The van der Waals surface area contributed by atoms with E-state index in [9.17, 15) is 5.11 Å². The van der Waals surface area contributed by atoms with Gasteiger partial charge in [0.2, 0.25) is 5.88 Å². The fourth-order valence-electron chi connectivity index (χ4n) is 2.27. The molecule has 0 saturated heterocycles. The second kappa shape index (κ2) is 6.36. The third kappa shape index (κ3) is 2.81. The second-order valence-electron chi connectivity index (χ2n) is 5.13. The van der Waals surface area contributed by atoms with E-state index in [1.165, 1.54) is 10.7 Å². The minimum atomic E-state index is -0.0452. The van der Waals surface area contributed by atoms with Gasteiger partial charge in [-0.15, -0.1) is 0 Å². The molecule has 0 spiro atoms. The van der Waals surface area contributed by atoms with Crippen molar-refractivity contribution in [2.24, 2.45) is 0 Å². The first-order valence-electron chi connectivity index (χ1n) is 7.43. The number of hydrogen-bond acceptors (Lipinski definition) is 5. The van der Waals surface area contributed by atoms with E-state index >= 15 is 0 Å². The van der Waals surface area contributed by atoms with Crippen molar-refractivity contribution in [1.82, 2.24) is 14.6 Å². The summed E-state index contributed by atoms with van der Waals surface area (Å²) in [6, 6.07) is 9.43. The van der Waals surface area contributed by atoms with Gasteiger partial charge in [0.15, 0.2) is 5.65 Å². The molecule has 23 heavy (non-hydrogen) atoms. The maximum absolute atomic E-state index is 10.4. The third-order valence-corrected chi connectivity index (χ3v) is 3.55. The number of benzene rings is 1. The quantitative estimate of drug-likeness (QED) is 0.732. The minimum absolute atomic E-state index is 0.0452. The molecule has 0 unspecified atom stereocenters. The predicted molar refractivity (Wildman–Crippen MR) is 85.2 cm³/mol. The first-order valence-corrected chi connectivity index (χ1v) is 7.43. The van der Waals surface area contributed by atoms with Crippen LogP contribution >= 0.6 is 0 Å². The third-order valence-electron chi connectivity index (χ3n) is 3.55. The van der Waals surface area contributed by atoms with Crippen molar-refractivity contribution in [3.8, 4) is 28.8 Å². The monoisotopic (exact) mass is 308 g/mol. The summed E-state index contributed by atoms with van der Waals surface area (Å²) in [5, 5.41) is 23.4. The average Bonchev–Trinajstić information content (AvgIpc) is 3.00. The van der Waals surface area contributed by atoms with E-state index in [-0.39, 0.29) is 5.88 Å². The molecule has 116 valence electrons. The van der Waals surface area contributed by atoms with Gasteiger partial charge in [-0.3, -0.25) is 0 Å². The minimum Gasteiger partial charge on any atom is -0.494 e. The molecule has 3 rings (SSSR count). The van der Waals surface area contributed by atoms with Crippen molar-refractivity contribution in [2.75, 3.05) is 6.61 Å². The van der Waals surface area contributed by atoms with Crippen molar-refractivity contribution in [2.45, 2.75) is 19.8 Å². The molecule has 6 heteroatoms. The lowest BCUT2D eigenvalue weighted by atomic mass is 10.1. The van der Waals surface area contributed by atoms with Crippen molar-refractivity contribution in [1.29, 1.82) is 5.26 Å². The fourth-order valence-corrected chi connectivity index (χ4v) is 2.27. The van der Waals surface area contributed by atoms with E-state index in [0.29, 0.717) is 23.4 Å². The number of unbranched alkanes of at least 4 members (excludes halogenated alkanes) is 1. The zero-order chi connectivity index (χ0) is 16.2. The lowest BCUT2D eigenvalue weighted by molar-refractivity contribution is 0.309. The first kappa shape index (κ1) is 14.9. The molecule has 1 aromatic carbocycles. The van der Waals surface area contributed by atoms with E-state index in [2.05, 4.69) is 17.0 Å². The molecule has 0 bridgehead atoms. The Labute approximate surface area is 133 Å². The van der Waals surface area contributed by atoms with Crippen LogP contribution in [0, 0.1) is 11.3 Å². The molecule has 0 aliphatic carbocycles. The Morgan fingerprint density at radius 3 is 2.74 bits per heavy atom. The Balaban J connectivity index is 1.91. The zero-order valence-electron chi connectivity index (χ0n) is 12.7. The Kier molecular flexibility index (Phi) is 4.11. The maximum atomic E-state index is 10.4. The second-order valence-corrected chi connectivity index (χ2v) is 5.13. The van der Waals surface area contributed by atoms with Gasteiger partial charge in [0.25, 0.3) is 0 Å². The first-order chi connectivity index (χ1) is 11.2. The van der Waals surface area contributed by atoms with E-state index in [4.69, 9.17) is 10.00 Å². The Morgan fingerprint density at radius 2 is 2.04 bits per heavy atom. The molecular formula is C17H16N4O2. The molecular weight excluding hydrogens is 292 g/mol. The summed E-state index contributed by atoms with van der Waals surface area (Å²) in [5.74, 6) is 0.748. The fraction of sp³-hybridized carbons (Fsp3) is 0.235. The van der Waals surface area contributed by atoms with Crippen LogP contribution in [0.3, 0.4) is 0 Å². The molecule has 0 amide bonds.